The van der Waals surface area contributed by atoms with Gasteiger partial charge >= 0.3 is 23.9 Å². The maximum atomic E-state index is 14.2. The van der Waals surface area contributed by atoms with Crippen molar-refractivity contribution in [2.75, 3.05) is 42.1 Å². The third kappa shape index (κ3) is 32.5. The molecule has 0 rings (SSSR count). The van der Waals surface area contributed by atoms with E-state index in [1.54, 1.807) is 12.5 Å². The molecule has 0 heterocycles. The number of thiol groups is 2. The number of carboxylic acid groups (broad SMARTS) is 4. The van der Waals surface area contributed by atoms with Crippen molar-refractivity contribution < 1.29 is 92.3 Å². The van der Waals surface area contributed by atoms with Crippen LogP contribution in [0.4, 0.5) is 0 Å². The van der Waals surface area contributed by atoms with E-state index in [-0.39, 0.29) is 55.4 Å². The molecule has 0 aliphatic carbocycles. The van der Waals surface area contributed by atoms with Crippen LogP contribution in [0.15, 0.2) is 4.99 Å². The summed E-state index contributed by atoms with van der Waals surface area (Å²) in [6, 6.07) is -16.5. The predicted octanol–water partition coefficient (Wildman–Crippen LogP) is -7.08. The van der Waals surface area contributed by atoms with E-state index in [1.807, 2.05) is 0 Å². The molecule has 84 heavy (non-hydrogen) atoms. The van der Waals surface area contributed by atoms with Crippen molar-refractivity contribution in [1.29, 1.82) is 0 Å². The number of hydrogen-bond acceptors (Lipinski definition) is 21. The molecule has 0 unspecified atom stereocenters. The number of guanidine groups is 1. The summed E-state index contributed by atoms with van der Waals surface area (Å²) in [5, 5.41) is 58.8. The van der Waals surface area contributed by atoms with Gasteiger partial charge in [-0.2, -0.15) is 48.8 Å². The molecule has 10 atom stereocenters. The first-order valence-corrected chi connectivity index (χ1v) is 29.6. The second-order valence-electron chi connectivity index (χ2n) is 18.3. The normalized spacial score (nSPS) is 14.4. The van der Waals surface area contributed by atoms with Crippen LogP contribution in [-0.4, -0.2) is 218 Å². The molecule has 0 radical (unpaired) electrons. The van der Waals surface area contributed by atoms with Gasteiger partial charge in [0, 0.05) is 43.7 Å². The molecule has 0 aliphatic heterocycles. The third-order valence-electron chi connectivity index (χ3n) is 11.6. The van der Waals surface area contributed by atoms with E-state index in [0.29, 0.717) is 5.75 Å². The van der Waals surface area contributed by atoms with E-state index in [4.69, 9.17) is 28.7 Å². The van der Waals surface area contributed by atoms with Crippen molar-refractivity contribution >= 4 is 144 Å². The van der Waals surface area contributed by atoms with E-state index in [1.165, 1.54) is 11.8 Å². The molecular formula is C46H77N15O19S4. The van der Waals surface area contributed by atoms with Gasteiger partial charge in [0.15, 0.2) is 5.96 Å². The zero-order chi connectivity index (χ0) is 64.2. The van der Waals surface area contributed by atoms with Gasteiger partial charge in [-0.1, -0.05) is 0 Å². The number of thioether (sulfide) groups is 2. The van der Waals surface area contributed by atoms with Gasteiger partial charge in [0.1, 0.15) is 54.4 Å². The van der Waals surface area contributed by atoms with Crippen molar-refractivity contribution in [3.05, 3.63) is 0 Å². The molecular weight excluding hydrogens is 1190 g/mol. The first kappa shape index (κ1) is 76.7. The van der Waals surface area contributed by atoms with E-state index < -0.39 is 207 Å². The Morgan fingerprint density at radius 2 is 0.702 bits per heavy atom. The number of amides is 11. The molecule has 0 saturated carbocycles. The summed E-state index contributed by atoms with van der Waals surface area (Å²) in [7, 11) is 0. The van der Waals surface area contributed by atoms with Crippen LogP contribution in [0.25, 0.3) is 0 Å². The highest BCUT2D eigenvalue weighted by atomic mass is 32.2. The van der Waals surface area contributed by atoms with Gasteiger partial charge in [-0.05, 0) is 75.4 Å². The molecule has 0 spiro atoms. The summed E-state index contributed by atoms with van der Waals surface area (Å²) in [4.78, 5) is 198. The highest BCUT2D eigenvalue weighted by Gasteiger charge is 2.36. The molecule has 38 heteroatoms. The SMILES string of the molecule is CSCC[C@H](NC(=O)[C@H](CCCN=C(N)N)NC(=O)[C@H](CCC(N)=O)NC(=O)[C@H](CCC(=O)O)NC(=O)[C@H](CCSC)NC(=O)[C@H](CCC(=O)O)NC(=O)[C@H](CCC(N)=O)NC(=O)[C@H](CC(=O)O)NC(=O)[C@@H](N)CS)C(=O)N[C@@H](CS)C(=O)O. The first-order chi connectivity index (χ1) is 39.4. The number of rotatable bonds is 45. The molecule has 0 aromatic heterocycles. The Balaban J connectivity index is 7.14. The van der Waals surface area contributed by atoms with Crippen molar-refractivity contribution in [1.82, 2.24) is 47.9 Å². The first-order valence-electron chi connectivity index (χ1n) is 25.6. The van der Waals surface area contributed by atoms with Crippen LogP contribution in [0, 0.1) is 0 Å². The Morgan fingerprint density at radius 3 is 0.976 bits per heavy atom. The van der Waals surface area contributed by atoms with Gasteiger partial charge in [-0.3, -0.25) is 72.1 Å². The fraction of sp³-hybridized carbons (Fsp3) is 0.652. The minimum atomic E-state index is -1.86. The number of nitrogens with one attached hydrogen (secondary N) is 9. The average Bonchev–Trinajstić information content (AvgIpc) is 3.46. The van der Waals surface area contributed by atoms with Gasteiger partial charge in [0.25, 0.3) is 0 Å². The Kier molecular flexibility index (Phi) is 38.0. The summed E-state index contributed by atoms with van der Waals surface area (Å²) in [5.74, 6) is -18.5. The number of aliphatic imine (C=N–C) groups is 1. The molecule has 0 saturated heterocycles. The maximum absolute atomic E-state index is 14.2. The van der Waals surface area contributed by atoms with Crippen molar-refractivity contribution in [3.63, 3.8) is 0 Å². The molecule has 34 nitrogen and oxygen atoms in total. The summed E-state index contributed by atoms with van der Waals surface area (Å²) < 4.78 is 0. The lowest BCUT2D eigenvalue weighted by Crippen LogP contribution is -2.60. The standard InChI is InChI=1S/C46H77N15O19S4/c1-83-16-13-27(59-41(75)26(8-12-34(66)67)55-39(73)24(6-10-32(49)63)57-44(78)29(18-35(68)69)60-36(70)21(47)19-81)42(76)56-25(7-11-33(64)65)40(74)54-23(5-9-31(48)62)38(72)53-22(4-3-15-52-46(50)51)37(71)58-28(14-17-84-2)43(77)61-30(20-82)45(79)80/h21-30,81-82H,3-20,47H2,1-2H3,(H2,48,62)(H2,49,63)(H,53,72)(H,54,74)(H,55,73)(H,56,76)(H,57,78)(H,58,71)(H,59,75)(H,60,70)(H,61,77)(H,64,65)(H,66,67)(H,68,69)(H,79,80)(H4,50,51,52)/t21-,22-,23-,24-,25-,26-,27-,28-,29-,30-/m0/s1. The van der Waals surface area contributed by atoms with Crippen molar-refractivity contribution in [2.45, 2.75) is 144 Å². The minimum Gasteiger partial charge on any atom is -0.481 e. The average molecular weight is 1270 g/mol. The van der Waals surface area contributed by atoms with E-state index in [9.17, 15) is 92.3 Å². The summed E-state index contributed by atoms with van der Waals surface area (Å²) >= 11 is 10.3. The highest BCUT2D eigenvalue weighted by Crippen LogP contribution is 2.12. The van der Waals surface area contributed by atoms with Crippen molar-refractivity contribution in [3.8, 4) is 0 Å². The number of carbonyl (C=O) groups is 15. The van der Waals surface area contributed by atoms with Gasteiger partial charge in [-0.15, -0.1) is 0 Å². The van der Waals surface area contributed by atoms with Crippen LogP contribution in [0.3, 0.4) is 0 Å². The molecule has 0 fully saturated rings. The number of nitrogens with two attached hydrogens (primary N) is 5. The monoisotopic (exact) mass is 1270 g/mol. The number of carbonyl (C=O) groups excluding carboxylic acids is 11. The quantitative estimate of drug-likeness (QED) is 0.0117. The lowest BCUT2D eigenvalue weighted by atomic mass is 10.0. The van der Waals surface area contributed by atoms with Crippen LogP contribution < -0.4 is 76.5 Å². The largest absolute Gasteiger partial charge is 0.481 e. The maximum Gasteiger partial charge on any atom is 0.327 e. The van der Waals surface area contributed by atoms with E-state index in [2.05, 4.69) is 78.1 Å². The zero-order valence-corrected chi connectivity index (χ0v) is 49.4. The summed E-state index contributed by atoms with van der Waals surface area (Å²) in [6.45, 7) is -0.0725. The van der Waals surface area contributed by atoms with Crippen LogP contribution in [0.1, 0.15) is 83.5 Å². The fourth-order valence-electron chi connectivity index (χ4n) is 7.08. The molecule has 0 aliphatic rings. The molecule has 0 bridgehead atoms. The van der Waals surface area contributed by atoms with Gasteiger partial charge in [-0.25, -0.2) is 4.79 Å². The van der Waals surface area contributed by atoms with Gasteiger partial charge in [0.2, 0.25) is 65.0 Å². The Labute approximate surface area is 501 Å². The number of primary amides is 2. The fourth-order valence-corrected chi connectivity index (χ4v) is 8.43. The Bertz CT molecular complexity index is 2360. The topological polar surface area (TPSA) is 588 Å². The van der Waals surface area contributed by atoms with Gasteiger partial charge in [0.05, 0.1) is 12.5 Å². The van der Waals surface area contributed by atoms with Crippen LogP contribution in [-0.2, 0) is 71.9 Å². The number of aliphatic carboxylic acids is 4. The smallest absolute Gasteiger partial charge is 0.327 e. The number of nitrogens with zero attached hydrogens (tertiary/aromatic N) is 1. The van der Waals surface area contributed by atoms with Crippen LogP contribution in [0.5, 0.6) is 0 Å². The third-order valence-corrected chi connectivity index (χ3v) is 13.6. The number of carboxylic acids is 4. The summed E-state index contributed by atoms with van der Waals surface area (Å²) in [6.07, 6.45) is -3.47. The molecule has 23 N–H and O–H groups in total. The minimum absolute atomic E-state index is 0.0170. The van der Waals surface area contributed by atoms with Crippen LogP contribution >= 0.6 is 48.8 Å². The predicted molar refractivity (Wildman–Crippen MR) is 309 cm³/mol. The Hall–Kier alpha value is -7.32. The van der Waals surface area contributed by atoms with Crippen molar-refractivity contribution in [2.24, 2.45) is 33.7 Å². The second kappa shape index (κ2) is 41.6. The molecule has 0 aromatic rings. The zero-order valence-electron chi connectivity index (χ0n) is 46.0. The van der Waals surface area contributed by atoms with Crippen LogP contribution in [0.2, 0.25) is 0 Å². The van der Waals surface area contributed by atoms with E-state index in [0.717, 1.165) is 11.8 Å². The van der Waals surface area contributed by atoms with E-state index >= 15 is 0 Å². The van der Waals surface area contributed by atoms with Gasteiger partial charge < -0.3 is 96.9 Å². The second-order valence-corrected chi connectivity index (χ2v) is 21.0. The highest BCUT2D eigenvalue weighted by molar-refractivity contribution is 7.98. The number of hydrogen-bond donors (Lipinski definition) is 20. The Morgan fingerprint density at radius 1 is 0.405 bits per heavy atom. The summed E-state index contributed by atoms with van der Waals surface area (Å²) in [5.41, 5.74) is 27.2. The molecule has 11 amide bonds. The molecule has 0 aromatic carbocycles. The lowest BCUT2D eigenvalue weighted by molar-refractivity contribution is -0.142. The lowest BCUT2D eigenvalue weighted by Gasteiger charge is -2.28. The molecule has 474 valence electrons.